The van der Waals surface area contributed by atoms with Crippen molar-refractivity contribution in [3.8, 4) is 5.75 Å². The summed E-state index contributed by atoms with van der Waals surface area (Å²) in [5.74, 6) is 0.831. The van der Waals surface area contributed by atoms with Crippen molar-refractivity contribution in [3.63, 3.8) is 0 Å². The third kappa shape index (κ3) is 4.59. The molecule has 0 saturated carbocycles. The van der Waals surface area contributed by atoms with Crippen molar-refractivity contribution < 1.29 is 22.8 Å². The summed E-state index contributed by atoms with van der Waals surface area (Å²) in [6, 6.07) is 6.90. The molecule has 2 fully saturated rings. The van der Waals surface area contributed by atoms with Crippen molar-refractivity contribution in [2.24, 2.45) is 0 Å². The average molecular weight is 425 g/mol. The molecule has 29 heavy (non-hydrogen) atoms. The Labute approximate surface area is 174 Å². The number of likely N-dealkylation sites (tertiary alicyclic amines) is 1. The van der Waals surface area contributed by atoms with Gasteiger partial charge in [0.2, 0.25) is 10.0 Å². The van der Waals surface area contributed by atoms with Crippen LogP contribution >= 0.6 is 0 Å². The molecule has 1 N–H and O–H groups in total. The smallest absolute Gasteiger partial charge is 0.281 e. The Morgan fingerprint density at radius 2 is 1.66 bits per heavy atom. The highest BCUT2D eigenvalue weighted by molar-refractivity contribution is 7.89. The molecule has 0 radical (unpaired) electrons. The van der Waals surface area contributed by atoms with Crippen LogP contribution in [0.3, 0.4) is 0 Å². The SMILES string of the molecule is COc1ccc(S(=O)(=O)N2CC[NH+]([C@H](C)C(=O)N3[C@H](C)CCC[C@@H]3C)CC2)cc1. The summed E-state index contributed by atoms with van der Waals surface area (Å²) in [7, 11) is -1.97. The van der Waals surface area contributed by atoms with Gasteiger partial charge in [0.15, 0.2) is 6.04 Å². The third-order valence-corrected chi connectivity index (χ3v) is 8.41. The van der Waals surface area contributed by atoms with Crippen LogP contribution in [0.5, 0.6) is 5.75 Å². The predicted octanol–water partition coefficient (Wildman–Crippen LogP) is 0.762. The second kappa shape index (κ2) is 9.02. The lowest BCUT2D eigenvalue weighted by Gasteiger charge is -2.42. The molecule has 1 amide bonds. The van der Waals surface area contributed by atoms with Gasteiger partial charge in [-0.3, -0.25) is 4.79 Å². The number of carbonyl (C=O) groups excluding carboxylic acids is 1. The Kier molecular flexibility index (Phi) is 6.86. The van der Waals surface area contributed by atoms with Gasteiger partial charge in [-0.25, -0.2) is 8.42 Å². The van der Waals surface area contributed by atoms with Crippen molar-refractivity contribution in [1.82, 2.24) is 9.21 Å². The monoisotopic (exact) mass is 424 g/mol. The maximum absolute atomic E-state index is 13.1. The Balaban J connectivity index is 1.62. The van der Waals surface area contributed by atoms with E-state index >= 15 is 0 Å². The van der Waals surface area contributed by atoms with E-state index in [-0.39, 0.29) is 28.9 Å². The van der Waals surface area contributed by atoms with Crippen LogP contribution in [0.4, 0.5) is 0 Å². The van der Waals surface area contributed by atoms with Gasteiger partial charge in [0.1, 0.15) is 5.75 Å². The topological polar surface area (TPSA) is 71.4 Å². The summed E-state index contributed by atoms with van der Waals surface area (Å²) < 4.78 is 32.5. The molecule has 3 atom stereocenters. The van der Waals surface area contributed by atoms with Gasteiger partial charge in [0.25, 0.3) is 5.91 Å². The van der Waals surface area contributed by atoms with Crippen LogP contribution in [0.15, 0.2) is 29.2 Å². The van der Waals surface area contributed by atoms with Gasteiger partial charge in [-0.05, 0) is 64.3 Å². The van der Waals surface area contributed by atoms with Crippen molar-refractivity contribution in [2.45, 2.75) is 63.1 Å². The molecule has 2 aliphatic heterocycles. The number of rotatable bonds is 5. The van der Waals surface area contributed by atoms with E-state index in [1.807, 2.05) is 6.92 Å². The van der Waals surface area contributed by atoms with Gasteiger partial charge >= 0.3 is 0 Å². The Bertz CT molecular complexity index is 794. The molecule has 0 spiro atoms. The fraction of sp³-hybridized carbons (Fsp3) is 0.667. The van der Waals surface area contributed by atoms with Crippen LogP contribution < -0.4 is 9.64 Å². The first kappa shape index (κ1) is 22.1. The van der Waals surface area contributed by atoms with Gasteiger partial charge in [-0.2, -0.15) is 4.31 Å². The van der Waals surface area contributed by atoms with Gasteiger partial charge in [0.05, 0.1) is 38.2 Å². The van der Waals surface area contributed by atoms with E-state index in [2.05, 4.69) is 18.7 Å². The molecule has 0 bridgehead atoms. The minimum atomic E-state index is -3.53. The highest BCUT2D eigenvalue weighted by Crippen LogP contribution is 2.23. The quantitative estimate of drug-likeness (QED) is 0.758. The maximum atomic E-state index is 13.1. The zero-order chi connectivity index (χ0) is 21.2. The van der Waals surface area contributed by atoms with Gasteiger partial charge < -0.3 is 14.5 Å². The molecule has 0 aromatic heterocycles. The van der Waals surface area contributed by atoms with Crippen LogP contribution in [0.1, 0.15) is 40.0 Å². The van der Waals surface area contributed by atoms with Gasteiger partial charge in [-0.15, -0.1) is 0 Å². The summed E-state index contributed by atoms with van der Waals surface area (Å²) >= 11 is 0. The first-order valence-corrected chi connectivity index (χ1v) is 12.0. The Hall–Kier alpha value is -1.64. The molecule has 0 aliphatic carbocycles. The van der Waals surface area contributed by atoms with Crippen LogP contribution in [-0.2, 0) is 14.8 Å². The number of piperidine rings is 1. The van der Waals surface area contributed by atoms with Gasteiger partial charge in [0, 0.05) is 12.1 Å². The average Bonchev–Trinajstić information content (AvgIpc) is 2.73. The van der Waals surface area contributed by atoms with E-state index in [1.165, 1.54) is 15.6 Å². The van der Waals surface area contributed by atoms with E-state index in [4.69, 9.17) is 4.74 Å². The molecular weight excluding hydrogens is 390 g/mol. The van der Waals surface area contributed by atoms with Crippen LogP contribution in [0.2, 0.25) is 0 Å². The lowest BCUT2D eigenvalue weighted by Crippen LogP contribution is -3.19. The standard InChI is InChI=1S/C21H33N3O4S/c1-16-6-5-7-17(2)24(16)21(25)18(3)22-12-14-23(15-13-22)29(26,27)20-10-8-19(28-4)9-11-20/h8-11,16-18H,5-7,12-15H2,1-4H3/p+1/t16-,17+,18-/m1/s1. The van der Waals surface area contributed by atoms with E-state index in [1.54, 1.807) is 31.4 Å². The zero-order valence-electron chi connectivity index (χ0n) is 17.9. The number of nitrogens with zero attached hydrogens (tertiary/aromatic N) is 2. The summed E-state index contributed by atoms with van der Waals surface area (Å²) in [5.41, 5.74) is 0. The molecule has 1 aromatic carbocycles. The van der Waals surface area contributed by atoms with Crippen LogP contribution in [0.25, 0.3) is 0 Å². The number of carbonyl (C=O) groups is 1. The molecule has 0 unspecified atom stereocenters. The molecule has 7 nitrogen and oxygen atoms in total. The normalized spacial score (nSPS) is 25.6. The first-order chi connectivity index (χ1) is 13.8. The summed E-state index contributed by atoms with van der Waals surface area (Å²) in [6.45, 7) is 8.37. The number of hydrogen-bond donors (Lipinski definition) is 1. The number of benzene rings is 1. The Morgan fingerprint density at radius 3 is 2.17 bits per heavy atom. The number of ether oxygens (including phenoxy) is 1. The fourth-order valence-corrected chi connectivity index (χ4v) is 6.04. The second-order valence-corrected chi connectivity index (χ2v) is 10.3. The fourth-order valence-electron chi connectivity index (χ4n) is 4.60. The summed E-state index contributed by atoms with van der Waals surface area (Å²) in [4.78, 5) is 16.6. The zero-order valence-corrected chi connectivity index (χ0v) is 18.7. The highest BCUT2D eigenvalue weighted by atomic mass is 32.2. The van der Waals surface area contributed by atoms with Crippen LogP contribution in [-0.4, -0.2) is 74.9 Å². The molecular formula is C21H34N3O4S+. The molecule has 8 heteroatoms. The third-order valence-electron chi connectivity index (χ3n) is 6.49. The van der Waals surface area contributed by atoms with Gasteiger partial charge in [-0.1, -0.05) is 0 Å². The number of amides is 1. The summed E-state index contributed by atoms with van der Waals surface area (Å²) in [5, 5.41) is 0. The van der Waals surface area contributed by atoms with Crippen molar-refractivity contribution in [1.29, 1.82) is 0 Å². The number of sulfonamides is 1. The predicted molar refractivity (Wildman–Crippen MR) is 112 cm³/mol. The number of quaternary nitrogens is 1. The van der Waals surface area contributed by atoms with E-state index in [9.17, 15) is 13.2 Å². The molecule has 2 aliphatic rings. The lowest BCUT2D eigenvalue weighted by molar-refractivity contribution is -0.918. The van der Waals surface area contributed by atoms with Crippen molar-refractivity contribution >= 4 is 15.9 Å². The maximum Gasteiger partial charge on any atom is 0.281 e. The largest absolute Gasteiger partial charge is 0.497 e. The van der Waals surface area contributed by atoms with E-state index in [0.717, 1.165) is 12.8 Å². The number of nitrogens with one attached hydrogen (secondary N) is 1. The van der Waals surface area contributed by atoms with Crippen LogP contribution in [0, 0.1) is 0 Å². The van der Waals surface area contributed by atoms with Crippen molar-refractivity contribution in [3.05, 3.63) is 24.3 Å². The lowest BCUT2D eigenvalue weighted by atomic mass is 9.96. The minimum Gasteiger partial charge on any atom is -0.497 e. The second-order valence-electron chi connectivity index (χ2n) is 8.33. The molecule has 2 heterocycles. The van der Waals surface area contributed by atoms with E-state index < -0.39 is 10.0 Å². The molecule has 3 rings (SSSR count). The number of methoxy groups -OCH3 is 1. The van der Waals surface area contributed by atoms with E-state index in [0.29, 0.717) is 31.9 Å². The highest BCUT2D eigenvalue weighted by Gasteiger charge is 2.39. The first-order valence-electron chi connectivity index (χ1n) is 10.6. The summed E-state index contributed by atoms with van der Waals surface area (Å²) in [6.07, 6.45) is 3.30. The minimum absolute atomic E-state index is 0.149. The molecule has 162 valence electrons. The Morgan fingerprint density at radius 1 is 1.10 bits per heavy atom. The molecule has 2 saturated heterocycles. The molecule has 1 aromatic rings. The number of hydrogen-bond acceptors (Lipinski definition) is 4. The van der Waals surface area contributed by atoms with Crippen molar-refractivity contribution in [2.75, 3.05) is 33.3 Å². The number of piperazine rings is 1.